The third-order valence-electron chi connectivity index (χ3n) is 8.59. The fraction of sp³-hybridized carbons (Fsp3) is 0.731. The Labute approximate surface area is 176 Å². The number of phenolic OH excluding ortho intramolecular Hbond substituents is 1. The summed E-state index contributed by atoms with van der Waals surface area (Å²) in [7, 11) is 0. The number of esters is 1. The molecule has 0 aliphatic heterocycles. The van der Waals surface area contributed by atoms with Crippen molar-refractivity contribution in [2.75, 3.05) is 0 Å². The second kappa shape index (κ2) is 8.32. The number of hydrogen-bond donors (Lipinski definition) is 1. The van der Waals surface area contributed by atoms with Gasteiger partial charge in [-0.1, -0.05) is 39.2 Å². The number of phenols is 1. The quantitative estimate of drug-likeness (QED) is 0.443. The molecule has 0 unspecified atom stereocenters. The zero-order chi connectivity index (χ0) is 20.6. The Kier molecular flexibility index (Phi) is 5.95. The van der Waals surface area contributed by atoms with Crippen LogP contribution in [0, 0.1) is 24.2 Å². The summed E-state index contributed by atoms with van der Waals surface area (Å²) in [5.41, 5.74) is 4.09. The highest BCUT2D eigenvalue weighted by molar-refractivity contribution is 5.69. The van der Waals surface area contributed by atoms with Crippen LogP contribution in [0.3, 0.4) is 0 Å². The van der Waals surface area contributed by atoms with Gasteiger partial charge in [-0.2, -0.15) is 0 Å². The molecule has 1 aromatic rings. The van der Waals surface area contributed by atoms with Gasteiger partial charge >= 0.3 is 5.97 Å². The highest BCUT2D eigenvalue weighted by Gasteiger charge is 2.56. The minimum absolute atomic E-state index is 0.0233. The van der Waals surface area contributed by atoms with E-state index in [0.29, 0.717) is 29.9 Å². The summed E-state index contributed by atoms with van der Waals surface area (Å²) < 4.78 is 6.08. The van der Waals surface area contributed by atoms with E-state index in [9.17, 15) is 9.90 Å². The predicted molar refractivity (Wildman–Crippen MR) is 116 cm³/mol. The third kappa shape index (κ3) is 3.70. The molecule has 3 aliphatic rings. The molecule has 0 heterocycles. The summed E-state index contributed by atoms with van der Waals surface area (Å²) in [5.74, 6) is 2.42. The van der Waals surface area contributed by atoms with Crippen LogP contribution in [0.5, 0.6) is 5.75 Å². The monoisotopic (exact) mass is 398 g/mol. The summed E-state index contributed by atoms with van der Waals surface area (Å²) in [6, 6.07) is 4.07. The predicted octanol–water partition coefficient (Wildman–Crippen LogP) is 6.44. The Morgan fingerprint density at radius 3 is 2.79 bits per heavy atom. The van der Waals surface area contributed by atoms with Crippen LogP contribution < -0.4 is 0 Å². The molecular formula is C26H38O3. The molecule has 4 rings (SSSR count). The first-order valence-electron chi connectivity index (χ1n) is 12.0. The third-order valence-corrected chi connectivity index (χ3v) is 8.59. The Morgan fingerprint density at radius 2 is 2.00 bits per heavy atom. The number of hydrogen-bond acceptors (Lipinski definition) is 3. The van der Waals surface area contributed by atoms with Gasteiger partial charge in [-0.3, -0.25) is 4.79 Å². The number of unbranched alkanes of at least 4 members (excludes halogenated alkanes) is 3. The van der Waals surface area contributed by atoms with E-state index < -0.39 is 0 Å². The second-order valence-corrected chi connectivity index (χ2v) is 10.1. The van der Waals surface area contributed by atoms with Crippen molar-refractivity contribution in [2.45, 2.75) is 103 Å². The van der Waals surface area contributed by atoms with Crippen molar-refractivity contribution in [3.05, 3.63) is 28.8 Å². The van der Waals surface area contributed by atoms with Crippen LogP contribution >= 0.6 is 0 Å². The average molecular weight is 399 g/mol. The molecule has 2 fully saturated rings. The van der Waals surface area contributed by atoms with Gasteiger partial charge < -0.3 is 9.84 Å². The highest BCUT2D eigenvalue weighted by atomic mass is 16.5. The lowest BCUT2D eigenvalue weighted by Crippen LogP contribution is -2.45. The van der Waals surface area contributed by atoms with Gasteiger partial charge in [-0.25, -0.2) is 0 Å². The molecule has 0 spiro atoms. The number of carbonyl (C=O) groups excluding carboxylic acids is 1. The largest absolute Gasteiger partial charge is 0.508 e. The van der Waals surface area contributed by atoms with Gasteiger partial charge in [0.05, 0.1) is 0 Å². The van der Waals surface area contributed by atoms with Crippen LogP contribution in [0.15, 0.2) is 12.1 Å². The number of aromatic hydroxyl groups is 1. The van der Waals surface area contributed by atoms with E-state index in [1.165, 1.54) is 43.2 Å². The van der Waals surface area contributed by atoms with Crippen molar-refractivity contribution in [3.63, 3.8) is 0 Å². The summed E-state index contributed by atoms with van der Waals surface area (Å²) in [5, 5.41) is 10.1. The lowest BCUT2D eigenvalue weighted by molar-refractivity contribution is -0.157. The standard InChI is InChI=1S/C26H38O3/c1-4-5-6-7-8-25(28)29-24-14-12-22-21-10-9-18-17(2)23(27)13-11-19(18)20(21)15-16-26(22,24)3/h11,13,20-22,24,27H,4-10,12,14-16H2,1-3H3/t20-,21-,22+,24+,26+/m1/s1. The van der Waals surface area contributed by atoms with Gasteiger partial charge in [0, 0.05) is 11.8 Å². The summed E-state index contributed by atoms with van der Waals surface area (Å²) in [6.45, 7) is 6.66. The highest BCUT2D eigenvalue weighted by Crippen LogP contribution is 2.61. The minimum Gasteiger partial charge on any atom is -0.508 e. The molecule has 3 aliphatic carbocycles. The fourth-order valence-electron chi connectivity index (χ4n) is 6.89. The zero-order valence-corrected chi connectivity index (χ0v) is 18.5. The lowest BCUT2D eigenvalue weighted by Gasteiger charge is -2.50. The van der Waals surface area contributed by atoms with Gasteiger partial charge in [0.15, 0.2) is 0 Å². The van der Waals surface area contributed by atoms with E-state index in [1.54, 1.807) is 0 Å². The summed E-state index contributed by atoms with van der Waals surface area (Å²) in [6.07, 6.45) is 12.0. The Bertz CT molecular complexity index is 755. The number of carbonyl (C=O) groups is 1. The van der Waals surface area contributed by atoms with E-state index in [4.69, 9.17) is 4.74 Å². The van der Waals surface area contributed by atoms with Crippen LogP contribution in [0.2, 0.25) is 0 Å². The first kappa shape index (κ1) is 20.8. The normalized spacial score (nSPS) is 32.9. The lowest BCUT2D eigenvalue weighted by atomic mass is 9.55. The van der Waals surface area contributed by atoms with Gasteiger partial charge in [-0.15, -0.1) is 0 Å². The van der Waals surface area contributed by atoms with Crippen molar-refractivity contribution in [1.82, 2.24) is 0 Å². The number of ether oxygens (including phenoxy) is 1. The Balaban J connectivity index is 1.45. The van der Waals surface area contributed by atoms with Crippen LogP contribution in [0.1, 0.15) is 101 Å². The molecule has 3 heteroatoms. The topological polar surface area (TPSA) is 46.5 Å². The van der Waals surface area contributed by atoms with Crippen LogP contribution in [-0.2, 0) is 16.0 Å². The van der Waals surface area contributed by atoms with Crippen LogP contribution in [-0.4, -0.2) is 17.2 Å². The molecule has 1 N–H and O–H groups in total. The second-order valence-electron chi connectivity index (χ2n) is 10.1. The molecule has 3 nitrogen and oxygen atoms in total. The van der Waals surface area contributed by atoms with Crippen molar-refractivity contribution in [1.29, 1.82) is 0 Å². The first-order chi connectivity index (χ1) is 14.0. The molecule has 2 saturated carbocycles. The van der Waals surface area contributed by atoms with Gasteiger partial charge in [0.1, 0.15) is 11.9 Å². The van der Waals surface area contributed by atoms with E-state index >= 15 is 0 Å². The van der Waals surface area contributed by atoms with Gasteiger partial charge in [0.2, 0.25) is 0 Å². The van der Waals surface area contributed by atoms with Crippen LogP contribution in [0.4, 0.5) is 0 Å². The molecule has 0 aromatic heterocycles. The maximum absolute atomic E-state index is 12.4. The number of fused-ring (bicyclic) bond motifs is 5. The fourth-order valence-corrected chi connectivity index (χ4v) is 6.89. The maximum atomic E-state index is 12.4. The van der Waals surface area contributed by atoms with Gasteiger partial charge in [-0.05, 0) is 92.4 Å². The molecule has 0 radical (unpaired) electrons. The number of benzene rings is 1. The molecule has 5 atom stereocenters. The Morgan fingerprint density at radius 1 is 1.17 bits per heavy atom. The van der Waals surface area contributed by atoms with Gasteiger partial charge in [0.25, 0.3) is 0 Å². The first-order valence-corrected chi connectivity index (χ1v) is 12.0. The molecule has 160 valence electrons. The molecule has 0 saturated heterocycles. The zero-order valence-electron chi connectivity index (χ0n) is 18.5. The molecule has 0 bridgehead atoms. The molecule has 1 aromatic carbocycles. The van der Waals surface area contributed by atoms with E-state index in [1.807, 2.05) is 6.07 Å². The Hall–Kier alpha value is -1.51. The summed E-state index contributed by atoms with van der Waals surface area (Å²) in [4.78, 5) is 12.4. The average Bonchev–Trinajstić information content (AvgIpc) is 3.04. The SMILES string of the molecule is CCCCCCC(=O)O[C@H]1CC[C@H]2[C@@H]3CCc4c(ccc(O)c4C)[C@H]3CC[C@]12C. The van der Waals surface area contributed by atoms with E-state index in [2.05, 4.69) is 26.8 Å². The molecular weight excluding hydrogens is 360 g/mol. The molecule has 29 heavy (non-hydrogen) atoms. The minimum atomic E-state index is 0.0233. The van der Waals surface area contributed by atoms with Crippen molar-refractivity contribution < 1.29 is 14.6 Å². The van der Waals surface area contributed by atoms with E-state index in [-0.39, 0.29) is 17.5 Å². The molecule has 0 amide bonds. The number of rotatable bonds is 6. The van der Waals surface area contributed by atoms with Crippen LogP contribution in [0.25, 0.3) is 0 Å². The smallest absolute Gasteiger partial charge is 0.306 e. The van der Waals surface area contributed by atoms with Crippen molar-refractivity contribution in [3.8, 4) is 5.75 Å². The maximum Gasteiger partial charge on any atom is 0.306 e. The van der Waals surface area contributed by atoms with E-state index in [0.717, 1.165) is 37.7 Å². The van der Waals surface area contributed by atoms with Crippen molar-refractivity contribution >= 4 is 5.97 Å². The summed E-state index contributed by atoms with van der Waals surface area (Å²) >= 11 is 0. The van der Waals surface area contributed by atoms with Crippen molar-refractivity contribution in [2.24, 2.45) is 17.3 Å².